The lowest BCUT2D eigenvalue weighted by molar-refractivity contribution is -0.384. The van der Waals surface area contributed by atoms with Crippen LogP contribution in [0.2, 0.25) is 0 Å². The van der Waals surface area contributed by atoms with Crippen LogP contribution in [0.3, 0.4) is 0 Å². The third-order valence-corrected chi connectivity index (χ3v) is 4.51. The summed E-state index contributed by atoms with van der Waals surface area (Å²) < 4.78 is 5.70. The zero-order chi connectivity index (χ0) is 17.1. The van der Waals surface area contributed by atoms with Crippen molar-refractivity contribution in [2.75, 3.05) is 6.61 Å². The van der Waals surface area contributed by atoms with Gasteiger partial charge >= 0.3 is 0 Å². The summed E-state index contributed by atoms with van der Waals surface area (Å²) in [5, 5.41) is 28.3. The quantitative estimate of drug-likeness (QED) is 0.662. The fourth-order valence-corrected chi connectivity index (χ4v) is 3.14. The minimum atomic E-state index is -0.449. The normalized spacial score (nSPS) is 21.8. The van der Waals surface area contributed by atoms with Gasteiger partial charge < -0.3 is 9.52 Å². The van der Waals surface area contributed by atoms with Gasteiger partial charge in [0.15, 0.2) is 0 Å². The Morgan fingerprint density at radius 2 is 2.08 bits per heavy atom. The van der Waals surface area contributed by atoms with E-state index in [1.165, 1.54) is 12.1 Å². The van der Waals surface area contributed by atoms with Crippen LogP contribution in [0, 0.1) is 10.1 Å². The Hall–Kier alpha value is -2.32. The molecule has 0 aliphatic carbocycles. The molecule has 1 aromatic carbocycles. The highest BCUT2D eigenvalue weighted by atomic mass is 16.6. The van der Waals surface area contributed by atoms with E-state index in [1.54, 1.807) is 12.1 Å². The average Bonchev–Trinajstić information content (AvgIpc) is 3.05. The van der Waals surface area contributed by atoms with Crippen LogP contribution in [0.5, 0.6) is 0 Å². The van der Waals surface area contributed by atoms with Crippen molar-refractivity contribution < 1.29 is 14.4 Å². The highest BCUT2D eigenvalue weighted by molar-refractivity contribution is 5.55. The zero-order valence-electron chi connectivity index (χ0n) is 13.5. The maximum Gasteiger partial charge on any atom is 0.269 e. The number of nitro benzene ring substituents is 1. The van der Waals surface area contributed by atoms with Gasteiger partial charge in [-0.3, -0.25) is 15.0 Å². The largest absolute Gasteiger partial charge is 0.419 e. The molecule has 1 aromatic heterocycles. The summed E-state index contributed by atoms with van der Waals surface area (Å²) in [6, 6.07) is 6.47. The maximum absolute atomic E-state index is 10.7. The molecule has 24 heavy (non-hydrogen) atoms. The summed E-state index contributed by atoms with van der Waals surface area (Å²) in [5.41, 5.74) is 0.663. The Kier molecular flexibility index (Phi) is 4.86. The molecule has 1 fully saturated rings. The van der Waals surface area contributed by atoms with Crippen LogP contribution in [-0.4, -0.2) is 43.8 Å². The van der Waals surface area contributed by atoms with Gasteiger partial charge in [-0.15, -0.1) is 10.2 Å². The van der Waals surface area contributed by atoms with E-state index >= 15 is 0 Å². The molecule has 1 N–H and O–H groups in total. The van der Waals surface area contributed by atoms with Gasteiger partial charge in [-0.2, -0.15) is 0 Å². The molecule has 0 bridgehead atoms. The zero-order valence-corrected chi connectivity index (χ0v) is 13.5. The van der Waals surface area contributed by atoms with Gasteiger partial charge in [0.25, 0.3) is 5.69 Å². The predicted octanol–water partition coefficient (Wildman–Crippen LogP) is 2.38. The minimum Gasteiger partial charge on any atom is -0.419 e. The van der Waals surface area contributed by atoms with Gasteiger partial charge in [-0.05, 0) is 31.9 Å². The van der Waals surface area contributed by atoms with E-state index in [0.29, 0.717) is 29.9 Å². The van der Waals surface area contributed by atoms with E-state index < -0.39 is 4.92 Å². The number of likely N-dealkylation sites (tertiary alicyclic amines) is 1. The Morgan fingerprint density at radius 3 is 2.75 bits per heavy atom. The number of non-ortho nitro benzene ring substituents is 1. The number of aliphatic hydroxyl groups is 1. The van der Waals surface area contributed by atoms with Crippen molar-refractivity contribution in [1.82, 2.24) is 15.1 Å². The molecule has 2 atom stereocenters. The fraction of sp³-hybridized carbons (Fsp3) is 0.500. The lowest BCUT2D eigenvalue weighted by atomic mass is 9.97. The molecule has 8 nitrogen and oxygen atoms in total. The number of nitrogens with zero attached hydrogens (tertiary/aromatic N) is 4. The lowest BCUT2D eigenvalue weighted by Crippen LogP contribution is -2.46. The minimum absolute atomic E-state index is 0.0198. The van der Waals surface area contributed by atoms with Crippen LogP contribution < -0.4 is 0 Å². The molecule has 8 heteroatoms. The molecule has 1 aliphatic rings. The van der Waals surface area contributed by atoms with E-state index in [2.05, 4.69) is 22.0 Å². The standard InChI is InChI=1S/C16H20N4O4/c1-11-3-2-4-14(10-21)19(11)9-15-17-18-16(24-15)12-5-7-13(8-6-12)20(22)23/h5-8,11,14,21H,2-4,9-10H2,1H3. The second-order valence-electron chi connectivity index (χ2n) is 6.09. The first-order valence-electron chi connectivity index (χ1n) is 8.02. The highest BCUT2D eigenvalue weighted by Crippen LogP contribution is 2.26. The smallest absolute Gasteiger partial charge is 0.269 e. The van der Waals surface area contributed by atoms with E-state index in [0.717, 1.165) is 19.3 Å². The summed E-state index contributed by atoms with van der Waals surface area (Å²) in [6.07, 6.45) is 3.16. The lowest BCUT2D eigenvalue weighted by Gasteiger charge is -2.38. The molecule has 1 saturated heterocycles. The first-order chi connectivity index (χ1) is 11.6. The van der Waals surface area contributed by atoms with Gasteiger partial charge in [0.1, 0.15) is 0 Å². The molecule has 2 aromatic rings. The molecule has 0 amide bonds. The molecule has 1 aliphatic heterocycles. The van der Waals surface area contributed by atoms with E-state index in [1.807, 2.05) is 0 Å². The molecular weight excluding hydrogens is 312 g/mol. The molecule has 0 saturated carbocycles. The number of piperidine rings is 1. The van der Waals surface area contributed by atoms with Gasteiger partial charge in [-0.25, -0.2) is 0 Å². The first kappa shape index (κ1) is 16.5. The van der Waals surface area contributed by atoms with E-state index in [-0.39, 0.29) is 18.3 Å². The molecular formula is C16H20N4O4. The SMILES string of the molecule is CC1CCCC(CO)N1Cc1nnc(-c2ccc([N+](=O)[O-])cc2)o1. The average molecular weight is 332 g/mol. The van der Waals surface area contributed by atoms with Crippen LogP contribution >= 0.6 is 0 Å². The third kappa shape index (κ3) is 3.44. The number of aliphatic hydroxyl groups excluding tert-OH is 1. The van der Waals surface area contributed by atoms with E-state index in [4.69, 9.17) is 4.42 Å². The van der Waals surface area contributed by atoms with Crippen LogP contribution in [0.4, 0.5) is 5.69 Å². The Morgan fingerprint density at radius 1 is 1.33 bits per heavy atom. The molecule has 2 unspecified atom stereocenters. The fourth-order valence-electron chi connectivity index (χ4n) is 3.14. The Bertz CT molecular complexity index is 700. The van der Waals surface area contributed by atoms with Crippen LogP contribution in [0.15, 0.2) is 28.7 Å². The van der Waals surface area contributed by atoms with Crippen molar-refractivity contribution in [3.05, 3.63) is 40.3 Å². The van der Waals surface area contributed by atoms with E-state index in [9.17, 15) is 15.2 Å². The number of aromatic nitrogens is 2. The first-order valence-corrected chi connectivity index (χ1v) is 8.02. The topological polar surface area (TPSA) is 106 Å². The van der Waals surface area contributed by atoms with Gasteiger partial charge in [0.2, 0.25) is 11.8 Å². The monoisotopic (exact) mass is 332 g/mol. The summed E-state index contributed by atoms with van der Waals surface area (Å²) >= 11 is 0. The van der Waals surface area contributed by atoms with Gasteiger partial charge in [0.05, 0.1) is 18.1 Å². The summed E-state index contributed by atoms with van der Waals surface area (Å²) in [7, 11) is 0. The number of rotatable bonds is 5. The second-order valence-corrected chi connectivity index (χ2v) is 6.09. The van der Waals surface area contributed by atoms with Crippen molar-refractivity contribution in [1.29, 1.82) is 0 Å². The highest BCUT2D eigenvalue weighted by Gasteiger charge is 2.28. The number of nitro groups is 1. The summed E-state index contributed by atoms with van der Waals surface area (Å²) in [6.45, 7) is 2.75. The van der Waals surface area contributed by atoms with Crippen LogP contribution in [0.1, 0.15) is 32.1 Å². The van der Waals surface area contributed by atoms with Crippen molar-refractivity contribution >= 4 is 5.69 Å². The number of hydrogen-bond acceptors (Lipinski definition) is 7. The van der Waals surface area contributed by atoms with Crippen molar-refractivity contribution in [3.63, 3.8) is 0 Å². The molecule has 2 heterocycles. The Balaban J connectivity index is 1.74. The second kappa shape index (κ2) is 7.06. The molecule has 3 rings (SSSR count). The maximum atomic E-state index is 10.7. The molecule has 0 radical (unpaired) electrons. The third-order valence-electron chi connectivity index (χ3n) is 4.51. The van der Waals surface area contributed by atoms with Crippen molar-refractivity contribution in [2.24, 2.45) is 0 Å². The number of hydrogen-bond donors (Lipinski definition) is 1. The van der Waals surface area contributed by atoms with Crippen LogP contribution in [0.25, 0.3) is 11.5 Å². The Labute approximate surface area is 139 Å². The van der Waals surface area contributed by atoms with Crippen LogP contribution in [-0.2, 0) is 6.54 Å². The summed E-state index contributed by atoms with van der Waals surface area (Å²) in [5.74, 6) is 0.820. The number of benzene rings is 1. The van der Waals surface area contributed by atoms with Crippen molar-refractivity contribution in [2.45, 2.75) is 44.8 Å². The van der Waals surface area contributed by atoms with Crippen molar-refractivity contribution in [3.8, 4) is 11.5 Å². The predicted molar refractivity (Wildman–Crippen MR) is 86.1 cm³/mol. The van der Waals surface area contributed by atoms with Gasteiger partial charge in [-0.1, -0.05) is 6.42 Å². The molecule has 0 spiro atoms. The molecule has 128 valence electrons. The van der Waals surface area contributed by atoms with Gasteiger partial charge in [0, 0.05) is 29.8 Å². The summed E-state index contributed by atoms with van der Waals surface area (Å²) in [4.78, 5) is 12.4.